The van der Waals surface area contributed by atoms with E-state index in [-0.39, 0.29) is 0 Å². The normalized spacial score (nSPS) is 14.9. The highest BCUT2D eigenvalue weighted by Gasteiger charge is 2.11. The molecular weight excluding hydrogens is 176 g/mol. The van der Waals surface area contributed by atoms with E-state index in [0.717, 1.165) is 11.2 Å². The van der Waals surface area contributed by atoms with Crippen LogP contribution in [0.2, 0.25) is 0 Å². The molecule has 0 aliphatic carbocycles. The number of aromatic nitrogens is 1. The Morgan fingerprint density at radius 1 is 1.29 bits per heavy atom. The molecule has 1 N–H and O–H groups in total. The minimum absolute atomic E-state index is 0.576. The summed E-state index contributed by atoms with van der Waals surface area (Å²) in [6.07, 6.45) is 1.88. The molecule has 0 saturated heterocycles. The van der Waals surface area contributed by atoms with Gasteiger partial charge in [0.05, 0.1) is 24.0 Å². The maximum atomic E-state index is 5.37. The summed E-state index contributed by atoms with van der Waals surface area (Å²) in [5.74, 6) is 0. The van der Waals surface area contributed by atoms with Crippen LogP contribution in [0.4, 0.5) is 5.69 Å². The Kier molecular flexibility index (Phi) is 1.64. The van der Waals surface area contributed by atoms with Crippen molar-refractivity contribution >= 4 is 16.6 Å². The molecule has 3 nitrogen and oxygen atoms in total. The number of hydrogen-bond acceptors (Lipinski definition) is 3. The number of nitrogens with one attached hydrogen (secondary N) is 1. The van der Waals surface area contributed by atoms with Gasteiger partial charge in [0.1, 0.15) is 6.73 Å². The number of hydrogen-bond donors (Lipinski definition) is 1. The molecule has 0 amide bonds. The molecule has 0 spiro atoms. The average molecular weight is 186 g/mol. The molecule has 70 valence electrons. The van der Waals surface area contributed by atoms with E-state index in [2.05, 4.69) is 16.4 Å². The molecule has 0 saturated carbocycles. The molecule has 0 radical (unpaired) electrons. The van der Waals surface area contributed by atoms with E-state index in [9.17, 15) is 0 Å². The number of benzene rings is 1. The van der Waals surface area contributed by atoms with Gasteiger partial charge in [-0.15, -0.1) is 0 Å². The monoisotopic (exact) mass is 186 g/mol. The molecule has 0 fully saturated rings. The molecule has 1 aromatic heterocycles. The van der Waals surface area contributed by atoms with Gasteiger partial charge in [-0.2, -0.15) is 0 Å². The van der Waals surface area contributed by atoms with Crippen LogP contribution in [0.5, 0.6) is 0 Å². The van der Waals surface area contributed by atoms with Crippen molar-refractivity contribution in [2.24, 2.45) is 0 Å². The van der Waals surface area contributed by atoms with Gasteiger partial charge in [0.25, 0.3) is 0 Å². The van der Waals surface area contributed by atoms with E-state index in [1.807, 2.05) is 24.4 Å². The van der Waals surface area contributed by atoms with E-state index in [0.29, 0.717) is 13.3 Å². The zero-order chi connectivity index (χ0) is 9.38. The molecule has 3 heteroatoms. The van der Waals surface area contributed by atoms with Gasteiger partial charge in [-0.05, 0) is 6.07 Å². The van der Waals surface area contributed by atoms with Crippen molar-refractivity contribution in [2.75, 3.05) is 12.0 Å². The van der Waals surface area contributed by atoms with E-state index in [1.54, 1.807) is 0 Å². The highest BCUT2D eigenvalue weighted by atomic mass is 16.5. The fourth-order valence-corrected chi connectivity index (χ4v) is 1.79. The Bertz CT molecular complexity index is 482. The Morgan fingerprint density at radius 2 is 2.21 bits per heavy atom. The number of fused-ring (bicyclic) bond motifs is 3. The third-order valence-corrected chi connectivity index (χ3v) is 2.50. The highest BCUT2D eigenvalue weighted by molar-refractivity contribution is 5.86. The molecule has 3 rings (SSSR count). The van der Waals surface area contributed by atoms with Gasteiger partial charge in [0.2, 0.25) is 0 Å². The van der Waals surface area contributed by atoms with Gasteiger partial charge >= 0.3 is 0 Å². The Morgan fingerprint density at radius 3 is 3.21 bits per heavy atom. The van der Waals surface area contributed by atoms with Gasteiger partial charge in [0, 0.05) is 10.9 Å². The molecule has 2 aromatic rings. The SMILES string of the molecule is c1ccc2c3c(cnc2c1)NCOC3. The number of para-hydroxylation sites is 1. The first-order valence-corrected chi connectivity index (χ1v) is 4.63. The summed E-state index contributed by atoms with van der Waals surface area (Å²) in [5, 5.41) is 4.35. The highest BCUT2D eigenvalue weighted by Crippen LogP contribution is 2.26. The largest absolute Gasteiger partial charge is 0.361 e. The molecule has 0 unspecified atom stereocenters. The molecule has 2 heterocycles. The second kappa shape index (κ2) is 2.96. The molecule has 0 atom stereocenters. The van der Waals surface area contributed by atoms with Crippen molar-refractivity contribution in [3.63, 3.8) is 0 Å². The average Bonchev–Trinajstić information content (AvgIpc) is 2.29. The number of nitrogens with zero attached hydrogens (tertiary/aromatic N) is 1. The predicted octanol–water partition coefficient (Wildman–Crippen LogP) is 2.13. The van der Waals surface area contributed by atoms with Gasteiger partial charge in [0.15, 0.2) is 0 Å². The van der Waals surface area contributed by atoms with Crippen LogP contribution in [-0.2, 0) is 11.3 Å². The van der Waals surface area contributed by atoms with Crippen molar-refractivity contribution in [3.8, 4) is 0 Å². The second-order valence-electron chi connectivity index (χ2n) is 3.34. The van der Waals surface area contributed by atoms with Crippen molar-refractivity contribution in [2.45, 2.75) is 6.61 Å². The lowest BCUT2D eigenvalue weighted by Crippen LogP contribution is -2.14. The summed E-state index contributed by atoms with van der Waals surface area (Å²) in [7, 11) is 0. The molecule has 14 heavy (non-hydrogen) atoms. The van der Waals surface area contributed by atoms with Crippen molar-refractivity contribution in [3.05, 3.63) is 36.0 Å². The number of anilines is 1. The third-order valence-electron chi connectivity index (χ3n) is 2.50. The van der Waals surface area contributed by atoms with E-state index in [1.165, 1.54) is 10.9 Å². The number of ether oxygens (including phenoxy) is 1. The third kappa shape index (κ3) is 1.06. The van der Waals surface area contributed by atoms with Crippen molar-refractivity contribution < 1.29 is 4.74 Å². The molecule has 0 bridgehead atoms. The topological polar surface area (TPSA) is 34.2 Å². The van der Waals surface area contributed by atoms with Gasteiger partial charge < -0.3 is 10.1 Å². The first kappa shape index (κ1) is 7.76. The summed E-state index contributed by atoms with van der Waals surface area (Å²) < 4.78 is 5.37. The smallest absolute Gasteiger partial charge is 0.116 e. The standard InChI is InChI=1S/C11H10N2O/c1-2-4-10-8(3-1)9-6-14-7-13-11(9)5-12-10/h1-5,13H,6-7H2. The summed E-state index contributed by atoms with van der Waals surface area (Å²) in [5.41, 5.74) is 3.33. The lowest BCUT2D eigenvalue weighted by atomic mass is 10.1. The first-order chi connectivity index (χ1) is 6.95. The van der Waals surface area contributed by atoms with Crippen LogP contribution in [0.15, 0.2) is 30.5 Å². The maximum absolute atomic E-state index is 5.37. The summed E-state index contributed by atoms with van der Waals surface area (Å²) in [6.45, 7) is 1.25. The van der Waals surface area contributed by atoms with Gasteiger partial charge in [-0.3, -0.25) is 4.98 Å². The van der Waals surface area contributed by atoms with Crippen LogP contribution in [0.3, 0.4) is 0 Å². The fraction of sp³-hybridized carbons (Fsp3) is 0.182. The number of rotatable bonds is 0. The Hall–Kier alpha value is -1.61. The molecular formula is C11H10N2O. The van der Waals surface area contributed by atoms with Crippen LogP contribution in [0.25, 0.3) is 10.9 Å². The lowest BCUT2D eigenvalue weighted by molar-refractivity contribution is 0.131. The summed E-state index contributed by atoms with van der Waals surface area (Å²) in [4.78, 5) is 4.38. The van der Waals surface area contributed by atoms with Crippen LogP contribution in [0, 0.1) is 0 Å². The number of pyridine rings is 1. The zero-order valence-electron chi connectivity index (χ0n) is 7.66. The van der Waals surface area contributed by atoms with Crippen LogP contribution in [-0.4, -0.2) is 11.7 Å². The fourth-order valence-electron chi connectivity index (χ4n) is 1.79. The lowest BCUT2D eigenvalue weighted by Gasteiger charge is -2.19. The second-order valence-corrected chi connectivity index (χ2v) is 3.34. The molecule has 1 aliphatic heterocycles. The van der Waals surface area contributed by atoms with Crippen molar-refractivity contribution in [1.82, 2.24) is 4.98 Å². The Labute approximate surface area is 81.7 Å². The summed E-state index contributed by atoms with van der Waals surface area (Å²) >= 11 is 0. The minimum Gasteiger partial charge on any atom is -0.361 e. The van der Waals surface area contributed by atoms with Crippen LogP contribution in [0.1, 0.15) is 5.56 Å². The maximum Gasteiger partial charge on any atom is 0.116 e. The van der Waals surface area contributed by atoms with E-state index in [4.69, 9.17) is 4.74 Å². The molecule has 1 aliphatic rings. The summed E-state index contributed by atoms with van der Waals surface area (Å²) in [6, 6.07) is 8.12. The van der Waals surface area contributed by atoms with Gasteiger partial charge in [-0.25, -0.2) is 0 Å². The Balaban J connectivity index is 2.34. The van der Waals surface area contributed by atoms with Gasteiger partial charge in [-0.1, -0.05) is 18.2 Å². The van der Waals surface area contributed by atoms with Crippen molar-refractivity contribution in [1.29, 1.82) is 0 Å². The van der Waals surface area contributed by atoms with Crippen LogP contribution < -0.4 is 5.32 Å². The quantitative estimate of drug-likeness (QED) is 0.684. The minimum atomic E-state index is 0.576. The van der Waals surface area contributed by atoms with E-state index >= 15 is 0 Å². The first-order valence-electron chi connectivity index (χ1n) is 4.63. The van der Waals surface area contributed by atoms with E-state index < -0.39 is 0 Å². The predicted molar refractivity (Wildman–Crippen MR) is 55.0 cm³/mol. The zero-order valence-corrected chi connectivity index (χ0v) is 7.66. The molecule has 1 aromatic carbocycles. The van der Waals surface area contributed by atoms with Crippen LogP contribution >= 0.6 is 0 Å².